The van der Waals surface area contributed by atoms with Crippen molar-refractivity contribution in [1.29, 1.82) is 0 Å². The molecule has 5 nitrogen and oxygen atoms in total. The second kappa shape index (κ2) is 15.9. The van der Waals surface area contributed by atoms with Crippen LogP contribution in [0.5, 0.6) is 0 Å². The quantitative estimate of drug-likeness (QED) is 0.148. The highest BCUT2D eigenvalue weighted by atomic mass is 31.2. The molecule has 0 unspecified atom stereocenters. The fourth-order valence-electron chi connectivity index (χ4n) is 2.44. The molecule has 0 aliphatic heterocycles. The van der Waals surface area contributed by atoms with E-state index in [4.69, 9.17) is 13.8 Å². The first-order valence-electron chi connectivity index (χ1n) is 9.25. The second-order valence-electron chi connectivity index (χ2n) is 5.72. The fraction of sp³-hybridized carbons (Fsp3) is 0.833. The third-order valence-electron chi connectivity index (χ3n) is 3.64. The Morgan fingerprint density at radius 2 is 1.33 bits per heavy atom. The molecule has 0 saturated heterocycles. The Kier molecular flexibility index (Phi) is 15.4. The minimum atomic E-state index is -2.85. The van der Waals surface area contributed by atoms with Crippen molar-refractivity contribution < 1.29 is 23.1 Å². The number of hydrogen-bond donors (Lipinski definition) is 0. The van der Waals surface area contributed by atoms with Gasteiger partial charge in [0.1, 0.15) is 0 Å². The molecule has 24 heavy (non-hydrogen) atoms. The van der Waals surface area contributed by atoms with Crippen LogP contribution < -0.4 is 0 Å². The van der Waals surface area contributed by atoms with Crippen LogP contribution in [-0.4, -0.2) is 32.0 Å². The molecule has 0 fully saturated rings. The smallest absolute Gasteiger partial charge is 0.330 e. The van der Waals surface area contributed by atoms with E-state index in [9.17, 15) is 9.36 Å². The highest BCUT2D eigenvalue weighted by Gasteiger charge is 2.22. The summed E-state index contributed by atoms with van der Waals surface area (Å²) >= 11 is 0. The average molecular weight is 362 g/mol. The Hall–Kier alpha value is -0.640. The number of ether oxygens (including phenoxy) is 1. The highest BCUT2D eigenvalue weighted by molar-refractivity contribution is 7.53. The van der Waals surface area contributed by atoms with E-state index in [2.05, 4.69) is 6.58 Å². The Balaban J connectivity index is 3.40. The summed E-state index contributed by atoms with van der Waals surface area (Å²) in [7, 11) is -2.85. The van der Waals surface area contributed by atoms with E-state index >= 15 is 0 Å². The average Bonchev–Trinajstić information content (AvgIpc) is 2.56. The van der Waals surface area contributed by atoms with Crippen molar-refractivity contribution in [2.24, 2.45) is 0 Å². The van der Waals surface area contributed by atoms with Gasteiger partial charge in [-0.05, 0) is 26.7 Å². The van der Waals surface area contributed by atoms with Crippen molar-refractivity contribution in [2.75, 3.05) is 26.0 Å². The van der Waals surface area contributed by atoms with Crippen molar-refractivity contribution in [1.82, 2.24) is 0 Å². The molecule has 142 valence electrons. The van der Waals surface area contributed by atoms with Gasteiger partial charge in [-0.1, -0.05) is 51.5 Å². The van der Waals surface area contributed by atoms with Crippen LogP contribution in [0.3, 0.4) is 0 Å². The maximum Gasteiger partial charge on any atom is 0.330 e. The minimum absolute atomic E-state index is 0.340. The van der Waals surface area contributed by atoms with E-state index < -0.39 is 7.60 Å². The van der Waals surface area contributed by atoms with Crippen LogP contribution >= 0.6 is 7.60 Å². The van der Waals surface area contributed by atoms with E-state index in [0.717, 1.165) is 32.1 Å². The van der Waals surface area contributed by atoms with Gasteiger partial charge >= 0.3 is 13.6 Å². The van der Waals surface area contributed by atoms with Gasteiger partial charge in [-0.25, -0.2) is 4.79 Å². The summed E-state index contributed by atoms with van der Waals surface area (Å²) in [6, 6.07) is 0. The normalized spacial score (nSPS) is 11.4. The molecule has 0 aliphatic rings. The molecule has 0 rings (SSSR count). The summed E-state index contributed by atoms with van der Waals surface area (Å²) in [5.74, 6) is -0.340. The summed E-state index contributed by atoms with van der Waals surface area (Å²) < 4.78 is 27.7. The van der Waals surface area contributed by atoms with Gasteiger partial charge in [0.15, 0.2) is 0 Å². The first kappa shape index (κ1) is 23.4. The van der Waals surface area contributed by atoms with Gasteiger partial charge in [-0.3, -0.25) is 4.57 Å². The first-order valence-corrected chi connectivity index (χ1v) is 11.0. The van der Waals surface area contributed by atoms with Gasteiger partial charge in [0.25, 0.3) is 0 Å². The van der Waals surface area contributed by atoms with Gasteiger partial charge < -0.3 is 13.8 Å². The largest absolute Gasteiger partial charge is 0.463 e. The molecule has 0 bridgehead atoms. The topological polar surface area (TPSA) is 61.8 Å². The molecule has 0 N–H and O–H groups in total. The van der Waals surface area contributed by atoms with Gasteiger partial charge in [0, 0.05) is 6.08 Å². The van der Waals surface area contributed by atoms with Crippen LogP contribution in [0.1, 0.15) is 71.6 Å². The van der Waals surface area contributed by atoms with Crippen LogP contribution in [0, 0.1) is 0 Å². The maximum absolute atomic E-state index is 12.3. The number of unbranched alkanes of at least 4 members (excludes halogenated alkanes) is 8. The lowest BCUT2D eigenvalue weighted by Gasteiger charge is -2.16. The van der Waals surface area contributed by atoms with E-state index in [1.807, 2.05) is 13.8 Å². The van der Waals surface area contributed by atoms with Crippen molar-refractivity contribution in [2.45, 2.75) is 71.6 Å². The molecule has 0 aliphatic carbocycles. The zero-order chi connectivity index (χ0) is 18.1. The predicted octanol–water partition coefficient (Wildman–Crippen LogP) is 5.49. The molecule has 0 atom stereocenters. The number of hydrogen-bond acceptors (Lipinski definition) is 5. The number of carbonyl (C=O) groups excluding carboxylic acids is 1. The van der Waals surface area contributed by atoms with Gasteiger partial charge in [-0.15, -0.1) is 0 Å². The van der Waals surface area contributed by atoms with Crippen LogP contribution in [0.2, 0.25) is 0 Å². The van der Waals surface area contributed by atoms with Gasteiger partial charge in [-0.2, -0.15) is 0 Å². The summed E-state index contributed by atoms with van der Waals surface area (Å²) in [5.41, 5.74) is 0. The lowest BCUT2D eigenvalue weighted by molar-refractivity contribution is -0.137. The Morgan fingerprint density at radius 3 is 1.79 bits per heavy atom. The third kappa shape index (κ3) is 13.8. The van der Waals surface area contributed by atoms with Gasteiger partial charge in [0.2, 0.25) is 0 Å². The van der Waals surface area contributed by atoms with Crippen LogP contribution in [0.15, 0.2) is 12.7 Å². The summed E-state index contributed by atoms with van der Waals surface area (Å²) in [6.07, 6.45) is 11.7. The molecule has 0 radical (unpaired) electrons. The highest BCUT2D eigenvalue weighted by Crippen LogP contribution is 2.48. The Morgan fingerprint density at radius 1 is 0.875 bits per heavy atom. The number of rotatable bonds is 17. The number of carbonyl (C=O) groups is 1. The molecule has 0 aromatic rings. The zero-order valence-electron chi connectivity index (χ0n) is 15.5. The number of esters is 1. The molecule has 0 saturated carbocycles. The minimum Gasteiger partial charge on any atom is -0.463 e. The molecule has 0 aromatic heterocycles. The van der Waals surface area contributed by atoms with E-state index in [1.165, 1.54) is 31.8 Å². The molecular formula is C18H35O5P. The molecule has 0 spiro atoms. The molecular weight excluding hydrogens is 327 g/mol. The van der Waals surface area contributed by atoms with E-state index in [0.29, 0.717) is 26.0 Å². The predicted molar refractivity (Wildman–Crippen MR) is 98.4 cm³/mol. The zero-order valence-corrected chi connectivity index (χ0v) is 16.4. The fourth-order valence-corrected chi connectivity index (χ4v) is 4.17. The van der Waals surface area contributed by atoms with E-state index in [1.54, 1.807) is 0 Å². The Bertz CT molecular complexity index is 360. The van der Waals surface area contributed by atoms with E-state index in [-0.39, 0.29) is 5.97 Å². The van der Waals surface area contributed by atoms with Crippen LogP contribution in [-0.2, 0) is 23.1 Å². The summed E-state index contributed by atoms with van der Waals surface area (Å²) in [5, 5.41) is 0. The maximum atomic E-state index is 12.3. The molecule has 0 aromatic carbocycles. The second-order valence-corrected chi connectivity index (χ2v) is 7.91. The molecule has 0 amide bonds. The van der Waals surface area contributed by atoms with Crippen molar-refractivity contribution in [3.63, 3.8) is 0 Å². The third-order valence-corrected chi connectivity index (χ3v) is 5.81. The van der Waals surface area contributed by atoms with Crippen LogP contribution in [0.25, 0.3) is 0 Å². The first-order chi connectivity index (χ1) is 11.6. The lowest BCUT2D eigenvalue weighted by atomic mass is 10.1. The summed E-state index contributed by atoms with van der Waals surface area (Å²) in [4.78, 5) is 10.8. The van der Waals surface area contributed by atoms with Crippen LogP contribution in [0.4, 0.5) is 0 Å². The monoisotopic (exact) mass is 362 g/mol. The lowest BCUT2D eigenvalue weighted by Crippen LogP contribution is -2.01. The molecule has 0 heterocycles. The van der Waals surface area contributed by atoms with Crippen molar-refractivity contribution >= 4 is 13.6 Å². The Labute approximate surface area is 147 Å². The standard InChI is InChI=1S/C18H35O5P/c1-4-18(19)21-16-14-12-10-8-7-9-11-13-15-17-24(20,22-5-2)23-6-3/h4H,1,5-17H2,2-3H3. The SMILES string of the molecule is C=CC(=O)OCCCCCCCCCCCP(=O)(OCC)OCC. The van der Waals surface area contributed by atoms with Crippen molar-refractivity contribution in [3.05, 3.63) is 12.7 Å². The summed E-state index contributed by atoms with van der Waals surface area (Å²) in [6.45, 7) is 8.40. The van der Waals surface area contributed by atoms with Crippen molar-refractivity contribution in [3.8, 4) is 0 Å². The van der Waals surface area contributed by atoms with Gasteiger partial charge in [0.05, 0.1) is 26.0 Å². The molecule has 6 heteroatoms.